The van der Waals surface area contributed by atoms with Crippen molar-refractivity contribution in [3.63, 3.8) is 0 Å². The van der Waals surface area contributed by atoms with Gasteiger partial charge < -0.3 is 0 Å². The van der Waals surface area contributed by atoms with Crippen molar-refractivity contribution >= 4 is 11.5 Å². The summed E-state index contributed by atoms with van der Waals surface area (Å²) in [5.41, 5.74) is 2.11. The molecular weight excluding hydrogens is 380 g/mol. The number of nitrogens with zero attached hydrogens (tertiary/aromatic N) is 2. The van der Waals surface area contributed by atoms with Gasteiger partial charge in [-0.1, -0.05) is 36.3 Å². The molecule has 0 atom stereocenters. The maximum atomic E-state index is 9.36. The first-order chi connectivity index (χ1) is 12.4. The summed E-state index contributed by atoms with van der Waals surface area (Å²) in [6, 6.07) is 12.0. The molecule has 1 aromatic carbocycles. The molecule has 0 N–H and O–H groups in total. The van der Waals surface area contributed by atoms with E-state index in [0.717, 1.165) is 16.4 Å². The minimum absolute atomic E-state index is 0. The zero-order valence-corrected chi connectivity index (χ0v) is 15.7. The van der Waals surface area contributed by atoms with Crippen LogP contribution in [0.4, 0.5) is 0 Å². The van der Waals surface area contributed by atoms with E-state index in [1.165, 1.54) is 11.5 Å². The fourth-order valence-electron chi connectivity index (χ4n) is 2.18. The standard InChI is InChI=1S/C17H9N2S.C5H5.Fe/c18-12-15-16(11-10-13-6-4-5-7-13)19-20-17(15)14-8-2-1-3-9-14;1-2-4-5-3-1;/h1-9H;1-5H;/q;;+2. The molecule has 10 radical (unpaired) electrons. The Morgan fingerprint density at radius 1 is 0.808 bits per heavy atom. The monoisotopic (exact) mass is 394 g/mol. The average Bonchev–Trinajstić information content (AvgIpc) is 3.44. The van der Waals surface area contributed by atoms with E-state index < -0.39 is 0 Å². The number of hydrogen-bond acceptors (Lipinski definition) is 3. The topological polar surface area (TPSA) is 36.7 Å². The first-order valence-electron chi connectivity index (χ1n) is 7.74. The average molecular weight is 394 g/mol. The zero-order valence-electron chi connectivity index (χ0n) is 13.7. The van der Waals surface area contributed by atoms with Crippen LogP contribution < -0.4 is 0 Å². The van der Waals surface area contributed by atoms with Crippen molar-refractivity contribution in [1.29, 1.82) is 5.26 Å². The van der Waals surface area contributed by atoms with Crippen LogP contribution in [0, 0.1) is 86.9 Å². The van der Waals surface area contributed by atoms with Crippen LogP contribution in [0.2, 0.25) is 0 Å². The van der Waals surface area contributed by atoms with Crippen molar-refractivity contribution in [2.45, 2.75) is 0 Å². The van der Waals surface area contributed by atoms with Gasteiger partial charge in [-0.15, -0.1) is 0 Å². The Bertz CT molecular complexity index is 762. The van der Waals surface area contributed by atoms with Gasteiger partial charge >= 0.3 is 17.1 Å². The molecule has 0 spiro atoms. The number of nitriles is 1. The molecule has 2 aliphatic carbocycles. The van der Waals surface area contributed by atoms with Crippen molar-refractivity contribution < 1.29 is 17.1 Å². The van der Waals surface area contributed by atoms with E-state index in [4.69, 9.17) is 0 Å². The maximum Gasteiger partial charge on any atom is 2.00 e. The molecule has 26 heavy (non-hydrogen) atoms. The van der Waals surface area contributed by atoms with Gasteiger partial charge in [-0.2, -0.15) is 9.64 Å². The van der Waals surface area contributed by atoms with Gasteiger partial charge in [0, 0.05) is 0 Å². The summed E-state index contributed by atoms with van der Waals surface area (Å²) in [7, 11) is 0. The molecule has 124 valence electrons. The van der Waals surface area contributed by atoms with Gasteiger partial charge in [0.05, 0.1) is 10.8 Å². The van der Waals surface area contributed by atoms with Crippen LogP contribution in [-0.4, -0.2) is 4.37 Å². The van der Waals surface area contributed by atoms with E-state index in [9.17, 15) is 5.26 Å². The summed E-state index contributed by atoms with van der Waals surface area (Å²) in [5.74, 6) is 6.94. The van der Waals surface area contributed by atoms with E-state index in [-0.39, 0.29) is 17.1 Å². The first-order valence-corrected chi connectivity index (χ1v) is 8.51. The minimum Gasteiger partial charge on any atom is -0.192 e. The zero-order chi connectivity index (χ0) is 17.3. The Kier molecular flexibility index (Phi) is 8.93. The van der Waals surface area contributed by atoms with Crippen molar-refractivity contribution in [3.05, 3.63) is 105 Å². The number of benzene rings is 1. The van der Waals surface area contributed by atoms with Crippen LogP contribution in [0.25, 0.3) is 10.4 Å². The fourth-order valence-corrected chi connectivity index (χ4v) is 2.97. The van der Waals surface area contributed by atoms with E-state index in [1.54, 1.807) is 0 Å². The maximum absolute atomic E-state index is 9.36. The van der Waals surface area contributed by atoms with Crippen LogP contribution in [0.1, 0.15) is 11.3 Å². The molecule has 1 aromatic heterocycles. The van der Waals surface area contributed by atoms with Gasteiger partial charge in [0.15, 0.2) is 0 Å². The molecule has 1 heterocycles. The van der Waals surface area contributed by atoms with Crippen molar-refractivity contribution in [3.8, 4) is 28.4 Å². The number of hydrogen-bond donors (Lipinski definition) is 0. The Morgan fingerprint density at radius 2 is 1.42 bits per heavy atom. The molecule has 2 saturated carbocycles. The van der Waals surface area contributed by atoms with Gasteiger partial charge in [-0.25, -0.2) is 0 Å². The Morgan fingerprint density at radius 3 is 2.00 bits per heavy atom. The fraction of sp³-hybridized carbons (Fsp3) is 0. The van der Waals surface area contributed by atoms with Gasteiger partial charge in [0.1, 0.15) is 17.3 Å². The second-order valence-corrected chi connectivity index (χ2v) is 5.87. The quantitative estimate of drug-likeness (QED) is 0.529. The second-order valence-electron chi connectivity index (χ2n) is 5.10. The molecule has 4 rings (SSSR count). The Labute approximate surface area is 171 Å². The van der Waals surface area contributed by atoms with E-state index in [1.807, 2.05) is 88.1 Å². The molecule has 2 aliphatic rings. The first kappa shape index (κ1) is 20.7. The van der Waals surface area contributed by atoms with Crippen LogP contribution in [0.15, 0.2) is 30.3 Å². The number of aromatic nitrogens is 1. The third-order valence-electron chi connectivity index (χ3n) is 3.38. The van der Waals surface area contributed by atoms with Crippen molar-refractivity contribution in [2.75, 3.05) is 0 Å². The summed E-state index contributed by atoms with van der Waals surface area (Å²) in [6.07, 6.45) is 17.7. The normalized spacial score (nSPS) is 15.8. The molecule has 2 fully saturated rings. The van der Waals surface area contributed by atoms with Gasteiger partial charge in [-0.05, 0) is 80.8 Å². The van der Waals surface area contributed by atoms with Gasteiger partial charge in [0.2, 0.25) is 0 Å². The summed E-state index contributed by atoms with van der Waals surface area (Å²) >= 11 is 1.32. The van der Waals surface area contributed by atoms with Crippen LogP contribution in [0.3, 0.4) is 0 Å². The molecule has 0 amide bonds. The molecule has 2 nitrogen and oxygen atoms in total. The number of rotatable bonds is 1. The summed E-state index contributed by atoms with van der Waals surface area (Å²) < 4.78 is 4.31. The van der Waals surface area contributed by atoms with Gasteiger partial charge in [0.25, 0.3) is 0 Å². The molecule has 0 unspecified atom stereocenters. The van der Waals surface area contributed by atoms with Crippen molar-refractivity contribution in [1.82, 2.24) is 4.37 Å². The minimum atomic E-state index is 0. The van der Waals surface area contributed by atoms with Gasteiger partial charge in [-0.3, -0.25) is 0 Å². The molecule has 0 bridgehead atoms. The summed E-state index contributed by atoms with van der Waals surface area (Å²) in [4.78, 5) is 0.875. The molecular formula is C22H14FeN2S+2. The van der Waals surface area contributed by atoms with Crippen LogP contribution >= 0.6 is 11.5 Å². The predicted octanol–water partition coefficient (Wildman–Crippen LogP) is 4.46. The van der Waals surface area contributed by atoms with Crippen molar-refractivity contribution in [2.24, 2.45) is 0 Å². The third-order valence-corrected chi connectivity index (χ3v) is 4.28. The Hall–Kier alpha value is -1.58. The van der Waals surface area contributed by atoms with Crippen LogP contribution in [-0.2, 0) is 17.1 Å². The Balaban J connectivity index is 0.000000351. The SMILES string of the molecule is N#Cc1c(C#C[C]2[CH][CH][CH][CH]2)nsc1-c1ccccc1.[CH]1[CH][CH][CH][CH]1.[Fe+2]. The molecule has 2 aromatic rings. The molecule has 0 aliphatic heterocycles. The third kappa shape index (κ3) is 5.72. The van der Waals surface area contributed by atoms with E-state index >= 15 is 0 Å². The second kappa shape index (κ2) is 11.2. The summed E-state index contributed by atoms with van der Waals surface area (Å²) in [6.45, 7) is 0. The smallest absolute Gasteiger partial charge is 0.192 e. The summed E-state index contributed by atoms with van der Waals surface area (Å²) in [5, 5.41) is 9.36. The van der Waals surface area contributed by atoms with Crippen LogP contribution in [0.5, 0.6) is 0 Å². The largest absolute Gasteiger partial charge is 2.00 e. The predicted molar refractivity (Wildman–Crippen MR) is 101 cm³/mol. The van der Waals surface area contributed by atoms with E-state index in [0.29, 0.717) is 11.3 Å². The molecule has 0 saturated heterocycles. The van der Waals surface area contributed by atoms with E-state index in [2.05, 4.69) is 22.3 Å². The molecule has 4 heteroatoms.